The van der Waals surface area contributed by atoms with E-state index in [9.17, 15) is 0 Å². The van der Waals surface area contributed by atoms with E-state index in [2.05, 4.69) is 163 Å². The second-order valence-electron chi connectivity index (χ2n) is 13.0. The first-order valence-electron chi connectivity index (χ1n) is 16.9. The van der Waals surface area contributed by atoms with Gasteiger partial charge < -0.3 is 4.98 Å². The first-order valence-corrected chi connectivity index (χ1v) is 16.9. The minimum absolute atomic E-state index is 1.31. The summed E-state index contributed by atoms with van der Waals surface area (Å²) in [4.78, 5) is 2.86. The smallest absolute Gasteiger partial charge is 0.000496 e. The molecule has 0 saturated carbocycles. The molecule has 0 atom stereocenters. The first-order chi connectivity index (χ1) is 24.3. The van der Waals surface area contributed by atoms with Crippen LogP contribution in [0.15, 0.2) is 182 Å². The van der Waals surface area contributed by atoms with E-state index in [-0.39, 0.29) is 0 Å². The van der Waals surface area contributed by atoms with E-state index in [1.165, 1.54) is 97.0 Å². The molecule has 228 valence electrons. The molecule has 1 nitrogen and oxygen atoms in total. The molecule has 0 fully saturated rings. The van der Waals surface area contributed by atoms with Crippen LogP contribution in [0, 0.1) is 0 Å². The molecule has 0 radical (unpaired) electrons. The SMILES string of the molecule is c1cc[nH]c1.c1ccc2c(c1)cc1ccc3cc4c5ccccc5cc5ccc6cc2c1c3c6c54.c1ccc2cc3ccccc3cc2c1. The summed E-state index contributed by atoms with van der Waals surface area (Å²) in [5.41, 5.74) is 0. The maximum atomic E-state index is 2.86. The summed E-state index contributed by atoms with van der Waals surface area (Å²) in [5, 5.41) is 24.3. The lowest BCUT2D eigenvalue weighted by Gasteiger charge is -2.19. The van der Waals surface area contributed by atoms with Crippen molar-refractivity contribution in [1.82, 2.24) is 4.98 Å². The van der Waals surface area contributed by atoms with Gasteiger partial charge in [0.15, 0.2) is 0 Å². The Balaban J connectivity index is 0.000000133. The van der Waals surface area contributed by atoms with E-state index in [1.807, 2.05) is 24.5 Å². The third-order valence-electron chi connectivity index (χ3n) is 10.2. The van der Waals surface area contributed by atoms with Gasteiger partial charge in [0.25, 0.3) is 0 Å². The van der Waals surface area contributed by atoms with Gasteiger partial charge in [-0.25, -0.2) is 0 Å². The van der Waals surface area contributed by atoms with Gasteiger partial charge in [-0.3, -0.25) is 0 Å². The third-order valence-corrected chi connectivity index (χ3v) is 10.2. The fourth-order valence-electron chi connectivity index (χ4n) is 7.98. The van der Waals surface area contributed by atoms with Gasteiger partial charge in [-0.2, -0.15) is 0 Å². The quantitative estimate of drug-likeness (QED) is 0.128. The normalized spacial score (nSPS) is 11.7. The first kappa shape index (κ1) is 27.7. The molecule has 12 rings (SSSR count). The third kappa shape index (κ3) is 4.47. The number of rotatable bonds is 0. The Labute approximate surface area is 283 Å². The standard InChI is InChI=1S/C30H16.C14H10.C4H5N/c1-3-7-23-17(5-1)13-19-9-11-22-16-26-24-8-4-2-6-18(24)14-20-10-12-21-15-25(23)27(19)29(22)30(21)28(20)26;1-2-6-12-10-14-8-4-3-7-13(14)9-11(12)5-1;1-2-4-5-3-1/h1-16H;1-10H;1-5H. The number of H-pyrrole nitrogens is 1. The summed E-state index contributed by atoms with van der Waals surface area (Å²) in [5.74, 6) is 0. The van der Waals surface area contributed by atoms with Gasteiger partial charge in [0, 0.05) is 12.4 Å². The van der Waals surface area contributed by atoms with E-state index < -0.39 is 0 Å². The highest BCUT2D eigenvalue weighted by Crippen LogP contribution is 2.46. The number of hydrogen-bond acceptors (Lipinski definition) is 0. The number of benzene rings is 11. The molecule has 0 bridgehead atoms. The Morgan fingerprint density at radius 1 is 0.224 bits per heavy atom. The Morgan fingerprint density at radius 2 is 0.551 bits per heavy atom. The van der Waals surface area contributed by atoms with Crippen molar-refractivity contribution in [3.05, 3.63) is 182 Å². The van der Waals surface area contributed by atoms with E-state index >= 15 is 0 Å². The van der Waals surface area contributed by atoms with E-state index in [0.717, 1.165) is 0 Å². The van der Waals surface area contributed by atoms with E-state index in [0.29, 0.717) is 0 Å². The lowest BCUT2D eigenvalue weighted by Crippen LogP contribution is -1.91. The minimum Gasteiger partial charge on any atom is -0.368 e. The topological polar surface area (TPSA) is 15.8 Å². The van der Waals surface area contributed by atoms with Crippen LogP contribution >= 0.6 is 0 Å². The number of fused-ring (bicyclic) bond motifs is 6. The van der Waals surface area contributed by atoms with Crippen molar-refractivity contribution in [2.45, 2.75) is 0 Å². The van der Waals surface area contributed by atoms with Crippen molar-refractivity contribution < 1.29 is 0 Å². The lowest BCUT2D eigenvalue weighted by atomic mass is 9.84. The van der Waals surface area contributed by atoms with Crippen LogP contribution in [0.3, 0.4) is 0 Å². The molecule has 49 heavy (non-hydrogen) atoms. The highest BCUT2D eigenvalue weighted by Gasteiger charge is 2.18. The van der Waals surface area contributed by atoms with Crippen LogP contribution in [0.5, 0.6) is 0 Å². The van der Waals surface area contributed by atoms with Crippen molar-refractivity contribution in [1.29, 1.82) is 0 Å². The summed E-state index contributed by atoms with van der Waals surface area (Å²) in [6, 6.07) is 61.6. The average molecular weight is 622 g/mol. The molecule has 0 aliphatic carbocycles. The van der Waals surface area contributed by atoms with Gasteiger partial charge in [-0.1, -0.05) is 121 Å². The minimum atomic E-state index is 1.31. The van der Waals surface area contributed by atoms with Gasteiger partial charge in [0.1, 0.15) is 0 Å². The van der Waals surface area contributed by atoms with Crippen molar-refractivity contribution in [2.75, 3.05) is 0 Å². The lowest BCUT2D eigenvalue weighted by molar-refractivity contribution is 1.42. The second kappa shape index (κ2) is 11.1. The predicted octanol–water partition coefficient (Wildman–Crippen LogP) is 13.6. The fourth-order valence-corrected chi connectivity index (χ4v) is 7.98. The Hall–Kier alpha value is -6.44. The molecule has 0 aliphatic heterocycles. The van der Waals surface area contributed by atoms with Crippen LogP contribution in [-0.4, -0.2) is 4.98 Å². The molecule has 0 saturated heterocycles. The van der Waals surface area contributed by atoms with Crippen molar-refractivity contribution >= 4 is 97.0 Å². The molecule has 1 N–H and O–H groups in total. The zero-order valence-corrected chi connectivity index (χ0v) is 26.8. The number of aromatic amines is 1. The molecule has 1 heterocycles. The van der Waals surface area contributed by atoms with Crippen LogP contribution in [0.2, 0.25) is 0 Å². The molecule has 1 aromatic heterocycles. The van der Waals surface area contributed by atoms with Crippen molar-refractivity contribution in [2.24, 2.45) is 0 Å². The van der Waals surface area contributed by atoms with Gasteiger partial charge >= 0.3 is 0 Å². The molecule has 1 heteroatoms. The number of nitrogens with one attached hydrogen (secondary N) is 1. The Bertz CT molecular complexity index is 2830. The van der Waals surface area contributed by atoms with E-state index in [4.69, 9.17) is 0 Å². The summed E-state index contributed by atoms with van der Waals surface area (Å²) in [6.45, 7) is 0. The van der Waals surface area contributed by atoms with Gasteiger partial charge in [0.05, 0.1) is 0 Å². The predicted molar refractivity (Wildman–Crippen MR) is 214 cm³/mol. The Kier molecular flexibility index (Phi) is 6.25. The fraction of sp³-hybridized carbons (Fsp3) is 0. The monoisotopic (exact) mass is 621 g/mol. The summed E-state index contributed by atoms with van der Waals surface area (Å²) in [7, 11) is 0. The maximum Gasteiger partial charge on any atom is 0.000496 e. The van der Waals surface area contributed by atoms with Crippen molar-refractivity contribution in [3.8, 4) is 0 Å². The molecule has 0 unspecified atom stereocenters. The molecule has 0 amide bonds. The van der Waals surface area contributed by atoms with Crippen LogP contribution in [0.4, 0.5) is 0 Å². The number of aromatic nitrogens is 1. The zero-order valence-electron chi connectivity index (χ0n) is 26.8. The largest absolute Gasteiger partial charge is 0.368 e. The van der Waals surface area contributed by atoms with Crippen molar-refractivity contribution in [3.63, 3.8) is 0 Å². The highest BCUT2D eigenvalue weighted by molar-refractivity contribution is 6.40. The van der Waals surface area contributed by atoms with Crippen LogP contribution in [0.25, 0.3) is 97.0 Å². The molecule has 12 aromatic rings. The maximum absolute atomic E-state index is 2.86. The second-order valence-corrected chi connectivity index (χ2v) is 13.0. The number of hydrogen-bond donors (Lipinski definition) is 1. The molecule has 0 spiro atoms. The van der Waals surface area contributed by atoms with E-state index in [1.54, 1.807) is 0 Å². The van der Waals surface area contributed by atoms with Gasteiger partial charge in [0.2, 0.25) is 0 Å². The van der Waals surface area contributed by atoms with Crippen LogP contribution in [-0.2, 0) is 0 Å². The Morgan fingerprint density at radius 3 is 0.918 bits per heavy atom. The molecular formula is C48H31N. The van der Waals surface area contributed by atoms with Crippen LogP contribution in [0.1, 0.15) is 0 Å². The summed E-state index contributed by atoms with van der Waals surface area (Å²) in [6.07, 6.45) is 3.75. The molecular weight excluding hydrogens is 591 g/mol. The summed E-state index contributed by atoms with van der Waals surface area (Å²) >= 11 is 0. The van der Waals surface area contributed by atoms with Gasteiger partial charge in [-0.05, 0) is 145 Å². The average Bonchev–Trinajstić information content (AvgIpc) is 3.76. The molecule has 0 aliphatic rings. The zero-order chi connectivity index (χ0) is 32.3. The summed E-state index contributed by atoms with van der Waals surface area (Å²) < 4.78 is 0. The highest BCUT2D eigenvalue weighted by atomic mass is 14.6. The van der Waals surface area contributed by atoms with Crippen LogP contribution < -0.4 is 0 Å². The molecule has 11 aromatic carbocycles. The van der Waals surface area contributed by atoms with Gasteiger partial charge in [-0.15, -0.1) is 0 Å².